The molecule has 0 radical (unpaired) electrons. The Labute approximate surface area is 87.4 Å². The molecule has 0 fully saturated rings. The van der Waals surface area contributed by atoms with Crippen molar-refractivity contribution in [2.45, 2.75) is 11.0 Å². The number of H-pyrrole nitrogens is 1. The number of aromatic amines is 1. The van der Waals surface area contributed by atoms with E-state index < -0.39 is 5.00 Å². The second-order valence-corrected chi connectivity index (χ2v) is 4.05. The maximum Gasteiger partial charge on any atom is 0.129 e. The van der Waals surface area contributed by atoms with Gasteiger partial charge in [0.15, 0.2) is 0 Å². The standard InChI is InChI=1S/C10H12ClN3/c11-10(13)4-3-8(12)7(6-10)9-2-1-5-14-9/h1-6,8,14H,12-13H2. The highest BCUT2D eigenvalue weighted by molar-refractivity contribution is 6.26. The van der Waals surface area contributed by atoms with Gasteiger partial charge in [-0.2, -0.15) is 0 Å². The molecule has 14 heavy (non-hydrogen) atoms. The third-order valence-electron chi connectivity index (χ3n) is 2.20. The Bertz CT molecular complexity index is 376. The van der Waals surface area contributed by atoms with E-state index in [2.05, 4.69) is 4.98 Å². The van der Waals surface area contributed by atoms with Crippen molar-refractivity contribution in [3.05, 3.63) is 42.3 Å². The zero-order valence-corrected chi connectivity index (χ0v) is 8.33. The molecule has 1 aromatic heterocycles. The second kappa shape index (κ2) is 3.28. The van der Waals surface area contributed by atoms with E-state index in [1.54, 1.807) is 12.2 Å². The smallest absolute Gasteiger partial charge is 0.129 e. The highest BCUT2D eigenvalue weighted by Crippen LogP contribution is 2.26. The third-order valence-corrected chi connectivity index (χ3v) is 2.44. The first kappa shape index (κ1) is 9.52. The highest BCUT2D eigenvalue weighted by Gasteiger charge is 2.23. The van der Waals surface area contributed by atoms with Gasteiger partial charge in [-0.15, -0.1) is 0 Å². The summed E-state index contributed by atoms with van der Waals surface area (Å²) in [6.45, 7) is 0. The van der Waals surface area contributed by atoms with Crippen molar-refractivity contribution in [3.8, 4) is 0 Å². The molecular formula is C10H12ClN3. The normalized spacial score (nSPS) is 31.6. The van der Waals surface area contributed by atoms with Crippen molar-refractivity contribution in [3.63, 3.8) is 0 Å². The van der Waals surface area contributed by atoms with Gasteiger partial charge in [-0.3, -0.25) is 0 Å². The molecule has 0 amide bonds. The lowest BCUT2D eigenvalue weighted by Gasteiger charge is -2.23. The lowest BCUT2D eigenvalue weighted by atomic mass is 9.96. The summed E-state index contributed by atoms with van der Waals surface area (Å²) < 4.78 is 0. The fourth-order valence-corrected chi connectivity index (χ4v) is 1.69. The van der Waals surface area contributed by atoms with E-state index >= 15 is 0 Å². The Hall–Kier alpha value is -1.03. The van der Waals surface area contributed by atoms with Crippen LogP contribution in [0, 0.1) is 0 Å². The van der Waals surface area contributed by atoms with E-state index in [0.717, 1.165) is 11.3 Å². The highest BCUT2D eigenvalue weighted by atomic mass is 35.5. The summed E-state index contributed by atoms with van der Waals surface area (Å²) >= 11 is 5.99. The van der Waals surface area contributed by atoms with Crippen LogP contribution in [0.5, 0.6) is 0 Å². The molecule has 4 heteroatoms. The summed E-state index contributed by atoms with van der Waals surface area (Å²) in [6, 6.07) is 3.70. The molecule has 0 aliphatic heterocycles. The van der Waals surface area contributed by atoms with E-state index in [4.69, 9.17) is 23.1 Å². The molecule has 2 unspecified atom stereocenters. The maximum atomic E-state index is 5.99. The molecular weight excluding hydrogens is 198 g/mol. The van der Waals surface area contributed by atoms with Crippen LogP contribution >= 0.6 is 11.6 Å². The van der Waals surface area contributed by atoms with E-state index in [1.807, 2.05) is 24.4 Å². The predicted molar refractivity (Wildman–Crippen MR) is 58.7 cm³/mol. The van der Waals surface area contributed by atoms with Gasteiger partial charge >= 0.3 is 0 Å². The summed E-state index contributed by atoms with van der Waals surface area (Å²) in [5, 5.41) is 0. The predicted octanol–water partition coefficient (Wildman–Crippen LogP) is 1.19. The van der Waals surface area contributed by atoms with Gasteiger partial charge in [0.2, 0.25) is 0 Å². The minimum atomic E-state index is -0.920. The average molecular weight is 210 g/mol. The van der Waals surface area contributed by atoms with Crippen molar-refractivity contribution < 1.29 is 0 Å². The minimum Gasteiger partial charge on any atom is -0.361 e. The first-order valence-electron chi connectivity index (χ1n) is 4.38. The lowest BCUT2D eigenvalue weighted by Crippen LogP contribution is -2.34. The quantitative estimate of drug-likeness (QED) is 0.370. The molecule has 0 saturated carbocycles. The van der Waals surface area contributed by atoms with E-state index in [-0.39, 0.29) is 6.04 Å². The van der Waals surface area contributed by atoms with Gasteiger partial charge < -0.3 is 16.5 Å². The summed E-state index contributed by atoms with van der Waals surface area (Å²) in [5.74, 6) is 0. The number of rotatable bonds is 1. The molecule has 3 nitrogen and oxygen atoms in total. The number of nitrogens with one attached hydrogen (secondary N) is 1. The molecule has 5 N–H and O–H groups in total. The van der Waals surface area contributed by atoms with Crippen molar-refractivity contribution in [2.75, 3.05) is 0 Å². The van der Waals surface area contributed by atoms with Gasteiger partial charge in [-0.25, -0.2) is 0 Å². The van der Waals surface area contributed by atoms with Crippen LogP contribution in [-0.2, 0) is 0 Å². The first-order chi connectivity index (χ1) is 6.58. The number of hydrogen-bond acceptors (Lipinski definition) is 2. The van der Waals surface area contributed by atoms with Crippen LogP contribution in [-0.4, -0.2) is 16.0 Å². The van der Waals surface area contributed by atoms with Crippen LogP contribution in [0.2, 0.25) is 0 Å². The largest absolute Gasteiger partial charge is 0.361 e. The molecule has 0 aromatic carbocycles. The van der Waals surface area contributed by atoms with E-state index in [0.29, 0.717) is 0 Å². The van der Waals surface area contributed by atoms with E-state index in [1.165, 1.54) is 0 Å². The zero-order valence-electron chi connectivity index (χ0n) is 7.57. The summed E-state index contributed by atoms with van der Waals surface area (Å²) in [5.41, 5.74) is 13.6. The van der Waals surface area contributed by atoms with Crippen LogP contribution < -0.4 is 11.5 Å². The Kier molecular flexibility index (Phi) is 2.23. The van der Waals surface area contributed by atoms with Gasteiger partial charge in [0, 0.05) is 11.9 Å². The molecule has 1 heterocycles. The lowest BCUT2D eigenvalue weighted by molar-refractivity contribution is 0.874. The number of nitrogens with two attached hydrogens (primary N) is 2. The Morgan fingerprint density at radius 2 is 2.29 bits per heavy atom. The maximum absolute atomic E-state index is 5.99. The number of alkyl halides is 1. The Balaban J connectivity index is 2.39. The zero-order chi connectivity index (χ0) is 10.2. The summed E-state index contributed by atoms with van der Waals surface area (Å²) in [6.07, 6.45) is 7.12. The fraction of sp³-hybridized carbons (Fsp3) is 0.200. The average Bonchev–Trinajstić information content (AvgIpc) is 2.62. The molecule has 2 atom stereocenters. The Morgan fingerprint density at radius 1 is 1.50 bits per heavy atom. The summed E-state index contributed by atoms with van der Waals surface area (Å²) in [7, 11) is 0. The van der Waals surface area contributed by atoms with Gasteiger partial charge in [0.25, 0.3) is 0 Å². The van der Waals surface area contributed by atoms with Gasteiger partial charge in [0.05, 0.1) is 6.04 Å². The van der Waals surface area contributed by atoms with Crippen molar-refractivity contribution >= 4 is 17.2 Å². The van der Waals surface area contributed by atoms with E-state index in [9.17, 15) is 0 Å². The van der Waals surface area contributed by atoms with Crippen LogP contribution in [0.4, 0.5) is 0 Å². The summed E-state index contributed by atoms with van der Waals surface area (Å²) in [4.78, 5) is 2.16. The monoisotopic (exact) mass is 209 g/mol. The molecule has 0 saturated heterocycles. The first-order valence-corrected chi connectivity index (χ1v) is 4.75. The third kappa shape index (κ3) is 1.75. The van der Waals surface area contributed by atoms with Crippen molar-refractivity contribution in [1.82, 2.24) is 4.98 Å². The Morgan fingerprint density at radius 3 is 2.93 bits per heavy atom. The topological polar surface area (TPSA) is 67.8 Å². The van der Waals surface area contributed by atoms with Crippen LogP contribution in [0.1, 0.15) is 5.69 Å². The number of hydrogen-bond donors (Lipinski definition) is 3. The van der Waals surface area contributed by atoms with Gasteiger partial charge in [-0.05, 0) is 29.9 Å². The van der Waals surface area contributed by atoms with Gasteiger partial charge in [-0.1, -0.05) is 17.7 Å². The molecule has 0 spiro atoms. The second-order valence-electron chi connectivity index (χ2n) is 3.40. The molecule has 0 bridgehead atoms. The molecule has 1 aliphatic rings. The van der Waals surface area contributed by atoms with Gasteiger partial charge in [0.1, 0.15) is 5.00 Å². The fourth-order valence-electron chi connectivity index (χ4n) is 1.50. The van der Waals surface area contributed by atoms with Crippen LogP contribution in [0.15, 0.2) is 36.6 Å². The van der Waals surface area contributed by atoms with Crippen LogP contribution in [0.25, 0.3) is 5.57 Å². The molecule has 1 aliphatic carbocycles. The minimum absolute atomic E-state index is 0.149. The van der Waals surface area contributed by atoms with Crippen molar-refractivity contribution in [1.29, 1.82) is 0 Å². The van der Waals surface area contributed by atoms with Crippen LogP contribution in [0.3, 0.4) is 0 Å². The molecule has 1 aromatic rings. The van der Waals surface area contributed by atoms with Crippen molar-refractivity contribution in [2.24, 2.45) is 11.5 Å². The molecule has 74 valence electrons. The SMILES string of the molecule is NC1C=CC(N)(Cl)C=C1c1ccc[nH]1. The molecule has 2 rings (SSSR count). The number of aromatic nitrogens is 1. The number of halogens is 1.